The van der Waals surface area contributed by atoms with E-state index in [1.165, 1.54) is 0 Å². The molecule has 3 aromatic carbocycles. The van der Waals surface area contributed by atoms with Gasteiger partial charge >= 0.3 is 6.03 Å². The molecule has 0 bridgehead atoms. The standard InChI is InChI=1S/C25H21N5O3S/c31-25-27-15-30-24(28-25)21(26-14-16-6-2-1-3-7-16)13-20(29-30)17-10-11-23-19(12-17)18-8-4-5-9-22(18)34(23,32)33/h1-12,21,26H,13-15H2,(H,27,31). The molecule has 0 saturated heterocycles. The molecule has 0 aliphatic carbocycles. The summed E-state index contributed by atoms with van der Waals surface area (Å²) in [5.41, 5.74) is 4.16. The van der Waals surface area contributed by atoms with Crippen molar-refractivity contribution in [1.29, 1.82) is 0 Å². The molecule has 1 unspecified atom stereocenters. The second-order valence-electron chi connectivity index (χ2n) is 8.39. The van der Waals surface area contributed by atoms with Crippen LogP contribution < -0.4 is 10.6 Å². The lowest BCUT2D eigenvalue weighted by atomic mass is 9.96. The minimum atomic E-state index is -3.52. The molecule has 2 N–H and O–H groups in total. The number of sulfone groups is 1. The minimum absolute atomic E-state index is 0.219. The Labute approximate surface area is 196 Å². The first-order valence-electron chi connectivity index (χ1n) is 11.0. The van der Waals surface area contributed by atoms with Gasteiger partial charge in [-0.2, -0.15) is 10.1 Å². The largest absolute Gasteiger partial charge is 0.344 e. The van der Waals surface area contributed by atoms with Crippen molar-refractivity contribution >= 4 is 27.4 Å². The fraction of sp³-hybridized carbons (Fsp3) is 0.160. The minimum Gasteiger partial charge on any atom is -0.317 e. The lowest BCUT2D eigenvalue weighted by Crippen LogP contribution is -2.55. The topological polar surface area (TPSA) is 103 Å². The van der Waals surface area contributed by atoms with Crippen LogP contribution in [0.3, 0.4) is 0 Å². The van der Waals surface area contributed by atoms with Crippen molar-refractivity contribution in [2.45, 2.75) is 28.8 Å². The Morgan fingerprint density at radius 2 is 1.74 bits per heavy atom. The average Bonchev–Trinajstić information content (AvgIpc) is 3.09. The van der Waals surface area contributed by atoms with E-state index in [4.69, 9.17) is 5.10 Å². The Morgan fingerprint density at radius 3 is 2.59 bits per heavy atom. The summed E-state index contributed by atoms with van der Waals surface area (Å²) < 4.78 is 25.9. The van der Waals surface area contributed by atoms with E-state index in [1.807, 2.05) is 48.5 Å². The number of fused-ring (bicyclic) bond motifs is 4. The quantitative estimate of drug-likeness (QED) is 0.476. The molecule has 1 atom stereocenters. The van der Waals surface area contributed by atoms with E-state index in [0.717, 1.165) is 16.8 Å². The smallest absolute Gasteiger partial charge is 0.317 e. The Balaban J connectivity index is 1.37. The number of hydrazone groups is 1. The molecule has 3 aromatic rings. The maximum absolute atomic E-state index is 12.9. The molecule has 3 aliphatic rings. The lowest BCUT2D eigenvalue weighted by molar-refractivity contribution is 0.237. The van der Waals surface area contributed by atoms with Crippen LogP contribution in [0.1, 0.15) is 17.5 Å². The van der Waals surface area contributed by atoms with Crippen molar-refractivity contribution in [2.75, 3.05) is 6.67 Å². The van der Waals surface area contributed by atoms with Crippen molar-refractivity contribution in [2.24, 2.45) is 10.1 Å². The van der Waals surface area contributed by atoms with Gasteiger partial charge in [-0.15, -0.1) is 0 Å². The monoisotopic (exact) mass is 471 g/mol. The third kappa shape index (κ3) is 3.41. The van der Waals surface area contributed by atoms with E-state index < -0.39 is 9.84 Å². The van der Waals surface area contributed by atoms with E-state index >= 15 is 0 Å². The van der Waals surface area contributed by atoms with Crippen molar-refractivity contribution < 1.29 is 13.2 Å². The first kappa shape index (κ1) is 20.8. The predicted octanol–water partition coefficient (Wildman–Crippen LogP) is 3.15. The number of rotatable bonds is 4. The summed E-state index contributed by atoms with van der Waals surface area (Å²) in [6.07, 6.45) is 0.516. The van der Waals surface area contributed by atoms with Crippen molar-refractivity contribution in [1.82, 2.24) is 15.6 Å². The van der Waals surface area contributed by atoms with E-state index in [-0.39, 0.29) is 18.7 Å². The van der Waals surface area contributed by atoms with E-state index in [1.54, 1.807) is 29.3 Å². The molecule has 9 heteroatoms. The summed E-state index contributed by atoms with van der Waals surface area (Å²) >= 11 is 0. The molecule has 2 amide bonds. The van der Waals surface area contributed by atoms with Gasteiger partial charge in [0.2, 0.25) is 9.84 Å². The number of nitrogens with one attached hydrogen (secondary N) is 2. The maximum Gasteiger partial charge on any atom is 0.344 e. The van der Waals surface area contributed by atoms with Crippen LogP contribution in [0.25, 0.3) is 11.1 Å². The van der Waals surface area contributed by atoms with Gasteiger partial charge in [0.05, 0.1) is 21.5 Å². The summed E-state index contributed by atoms with van der Waals surface area (Å²) in [5, 5.41) is 12.6. The van der Waals surface area contributed by atoms with E-state index in [2.05, 4.69) is 15.6 Å². The third-order valence-electron chi connectivity index (χ3n) is 6.28. The first-order valence-corrected chi connectivity index (χ1v) is 12.5. The zero-order valence-corrected chi connectivity index (χ0v) is 18.9. The summed E-state index contributed by atoms with van der Waals surface area (Å²) in [6.45, 7) is 0.843. The first-order chi connectivity index (χ1) is 16.5. The predicted molar refractivity (Wildman–Crippen MR) is 128 cm³/mol. The summed E-state index contributed by atoms with van der Waals surface area (Å²) in [4.78, 5) is 16.8. The molecule has 0 radical (unpaired) electrons. The van der Waals surface area contributed by atoms with Crippen LogP contribution in [0.5, 0.6) is 0 Å². The fourth-order valence-corrected chi connectivity index (χ4v) is 6.28. The molecular weight excluding hydrogens is 450 g/mol. The van der Waals surface area contributed by atoms with Gasteiger partial charge in [0.1, 0.15) is 12.5 Å². The van der Waals surface area contributed by atoms with Gasteiger partial charge in [-0.25, -0.2) is 18.2 Å². The highest BCUT2D eigenvalue weighted by Gasteiger charge is 2.35. The normalized spacial score (nSPS) is 19.9. The second kappa shape index (κ2) is 7.89. The van der Waals surface area contributed by atoms with Gasteiger partial charge in [0.15, 0.2) is 0 Å². The molecule has 0 saturated carbocycles. The van der Waals surface area contributed by atoms with Crippen LogP contribution in [0, 0.1) is 0 Å². The van der Waals surface area contributed by atoms with Crippen LogP contribution in [0.15, 0.2) is 92.7 Å². The van der Waals surface area contributed by atoms with Crippen LogP contribution in [-0.4, -0.2) is 43.7 Å². The van der Waals surface area contributed by atoms with Crippen LogP contribution in [-0.2, 0) is 16.4 Å². The fourth-order valence-electron chi connectivity index (χ4n) is 4.61. The van der Waals surface area contributed by atoms with Crippen molar-refractivity contribution in [3.8, 4) is 11.1 Å². The molecule has 0 fully saturated rings. The number of aliphatic imine (C=N–C) groups is 1. The maximum atomic E-state index is 12.9. The number of urea groups is 1. The zero-order valence-electron chi connectivity index (χ0n) is 18.1. The number of amidine groups is 1. The molecule has 8 nitrogen and oxygen atoms in total. The van der Waals surface area contributed by atoms with Crippen LogP contribution in [0.4, 0.5) is 4.79 Å². The Hall–Kier alpha value is -3.82. The van der Waals surface area contributed by atoms with Crippen molar-refractivity contribution in [3.05, 3.63) is 83.9 Å². The Morgan fingerprint density at radius 1 is 0.971 bits per heavy atom. The third-order valence-corrected chi connectivity index (χ3v) is 8.15. The van der Waals surface area contributed by atoms with E-state index in [0.29, 0.717) is 39.7 Å². The number of hydrogen-bond donors (Lipinski definition) is 2. The van der Waals surface area contributed by atoms with Crippen LogP contribution >= 0.6 is 0 Å². The highest BCUT2D eigenvalue weighted by molar-refractivity contribution is 7.92. The summed E-state index contributed by atoms with van der Waals surface area (Å²) in [7, 11) is -3.52. The van der Waals surface area contributed by atoms with Crippen LogP contribution in [0.2, 0.25) is 0 Å². The second-order valence-corrected chi connectivity index (χ2v) is 10.3. The average molecular weight is 472 g/mol. The summed E-state index contributed by atoms with van der Waals surface area (Å²) in [5.74, 6) is 0.581. The van der Waals surface area contributed by atoms with Gasteiger partial charge in [-0.05, 0) is 29.3 Å². The molecular formula is C25H21N5O3S. The highest BCUT2D eigenvalue weighted by Crippen LogP contribution is 2.43. The number of amides is 2. The lowest BCUT2D eigenvalue weighted by Gasteiger charge is -2.35. The van der Waals surface area contributed by atoms with Gasteiger partial charge in [-0.1, -0.05) is 54.6 Å². The van der Waals surface area contributed by atoms with Gasteiger partial charge < -0.3 is 10.6 Å². The zero-order chi connectivity index (χ0) is 23.3. The summed E-state index contributed by atoms with van der Waals surface area (Å²) in [6, 6.07) is 21.8. The number of carbonyl (C=O) groups excluding carboxylic acids is 1. The number of carbonyl (C=O) groups is 1. The van der Waals surface area contributed by atoms with E-state index in [9.17, 15) is 13.2 Å². The SMILES string of the molecule is O=C1N=C2C(NCc3ccccc3)CC(c3ccc4c(c3)-c3ccccc3S4(=O)=O)=NN2CN1. The number of hydrogen-bond acceptors (Lipinski definition) is 6. The Kier molecular flexibility index (Phi) is 4.82. The van der Waals surface area contributed by atoms with Gasteiger partial charge in [0, 0.05) is 24.1 Å². The molecule has 34 heavy (non-hydrogen) atoms. The number of benzene rings is 3. The molecule has 170 valence electrons. The molecule has 3 aliphatic heterocycles. The molecule has 3 heterocycles. The highest BCUT2D eigenvalue weighted by atomic mass is 32.2. The molecule has 0 aromatic heterocycles. The molecule has 0 spiro atoms. The van der Waals surface area contributed by atoms with Crippen molar-refractivity contribution in [3.63, 3.8) is 0 Å². The molecule has 6 rings (SSSR count). The van der Waals surface area contributed by atoms with Gasteiger partial charge in [-0.3, -0.25) is 0 Å². The Bertz CT molecular complexity index is 1480. The number of nitrogens with zero attached hydrogens (tertiary/aromatic N) is 3. The van der Waals surface area contributed by atoms with Gasteiger partial charge in [0.25, 0.3) is 0 Å².